The van der Waals surface area contributed by atoms with Gasteiger partial charge in [-0.1, -0.05) is 222 Å². The minimum Gasteiger partial charge on any atom is -0.183 e. The van der Waals surface area contributed by atoms with E-state index in [1.54, 1.807) is 0 Å². The summed E-state index contributed by atoms with van der Waals surface area (Å²) in [6.07, 6.45) is 0. The maximum Gasteiger partial charge on any atom is 0 e. The van der Waals surface area contributed by atoms with Gasteiger partial charge in [0.15, 0.2) is 0 Å². The molecule has 0 N–H and O–H groups in total. The van der Waals surface area contributed by atoms with Crippen LogP contribution in [-0.4, -0.2) is 0 Å². The van der Waals surface area contributed by atoms with Crippen molar-refractivity contribution in [3.63, 3.8) is 0 Å². The van der Waals surface area contributed by atoms with Gasteiger partial charge >= 0.3 is 0 Å². The summed E-state index contributed by atoms with van der Waals surface area (Å²) in [5.41, 5.74) is 10.5. The van der Waals surface area contributed by atoms with Gasteiger partial charge in [0, 0.05) is 262 Å². The van der Waals surface area contributed by atoms with E-state index >= 15 is 0 Å². The summed E-state index contributed by atoms with van der Waals surface area (Å²) in [7, 11) is 0. The second kappa shape index (κ2) is 49.7. The molecule has 8 heteroatoms. The van der Waals surface area contributed by atoms with Crippen LogP contribution >= 0.6 is 0 Å². The van der Waals surface area contributed by atoms with E-state index in [1.165, 1.54) is 174 Å². The van der Waals surface area contributed by atoms with Gasteiger partial charge in [-0.2, -0.15) is 97.1 Å². The van der Waals surface area contributed by atoms with Gasteiger partial charge in [-0.05, 0) is 61.5 Å². The third kappa shape index (κ3) is 26.9. The van der Waals surface area contributed by atoms with Gasteiger partial charge < -0.3 is 0 Å². The molecule has 0 aliphatic rings. The predicted molar refractivity (Wildman–Crippen MR) is 450 cm³/mol. The molecule has 0 aliphatic heterocycles. The van der Waals surface area contributed by atoms with Gasteiger partial charge in [-0.15, -0.1) is 236 Å². The molecule has 112 heavy (non-hydrogen) atoms. The summed E-state index contributed by atoms with van der Waals surface area (Å²) < 4.78 is 0. The summed E-state index contributed by atoms with van der Waals surface area (Å²) in [6.45, 7) is 17.0. The number of rotatable bonds is 0. The van der Waals surface area contributed by atoms with Crippen LogP contribution in [0.3, 0.4) is 0 Å². The topological polar surface area (TPSA) is 0 Å². The van der Waals surface area contributed by atoms with Gasteiger partial charge in [0.1, 0.15) is 0 Å². The Morgan fingerprint density at radius 2 is 0.500 bits per heavy atom. The summed E-state index contributed by atoms with van der Waals surface area (Å²) in [6, 6.07) is 143. The van der Waals surface area contributed by atoms with E-state index in [1.807, 2.05) is 78.9 Å². The Hall–Kier alpha value is -3.65. The molecule has 0 amide bonds. The molecule has 0 bridgehead atoms. The fourth-order valence-corrected chi connectivity index (χ4v) is 13.3. The Bertz CT molecular complexity index is 6000. The molecule has 0 aliphatic carbocycles. The smallest absolute Gasteiger partial charge is 0 e. The minimum absolute atomic E-state index is 0. The van der Waals surface area contributed by atoms with Crippen molar-refractivity contribution in [2.24, 2.45) is 0 Å². The van der Waals surface area contributed by atoms with E-state index in [0.29, 0.717) is 0 Å². The van der Waals surface area contributed by atoms with E-state index in [9.17, 15) is 0 Å². The zero-order valence-electron chi connectivity index (χ0n) is 65.0. The summed E-state index contributed by atoms with van der Waals surface area (Å²) >= 11 is 0. The fraction of sp³-hybridized carbons (Fsp3) is 0.0769. The molecule has 20 aromatic carbocycles. The Morgan fingerprint density at radius 1 is 0.179 bits per heavy atom. The van der Waals surface area contributed by atoms with E-state index in [-0.39, 0.29) is 262 Å². The summed E-state index contributed by atoms with van der Waals surface area (Å²) in [4.78, 5) is 0. The van der Waals surface area contributed by atoms with Crippen molar-refractivity contribution in [1.29, 1.82) is 0 Å². The van der Waals surface area contributed by atoms with Crippen molar-refractivity contribution >= 4 is 129 Å². The molecule has 528 valence electrons. The van der Waals surface area contributed by atoms with Crippen molar-refractivity contribution in [1.82, 2.24) is 0 Å². The number of hydrogen-bond donors (Lipinski definition) is 0. The van der Waals surface area contributed by atoms with E-state index in [2.05, 4.69) is 365 Å². The number of benzene rings is 20. The molecule has 20 aromatic rings. The SMILES string of the molecule is Cc1c2ccccc2[c-]c2ccccc12.Cc1cc[c-]c2cc3ccccc3cc12.Cc1cc[c-]c2ccccc12.Cc1ccc2c[c-]ccc2c1.Cc1ccc2cc3c[c-]ccc3cc2c1.Cc1ccc2cc3cc[c-]cc3cc2c1.Cc1ccc2cc[c-]cc2c1.Cc1cccc2[c-]cccc12.[Y].[Y].[Y].[Y].[Y].[Y].[Y].[Y]. The van der Waals surface area contributed by atoms with Crippen molar-refractivity contribution in [3.05, 3.63) is 433 Å². The average molecular weight is 2040 g/mol. The van der Waals surface area contributed by atoms with E-state index in [4.69, 9.17) is 0 Å². The second-order valence-electron chi connectivity index (χ2n) is 26.7. The molecular weight excluding hydrogens is 1960 g/mol. The van der Waals surface area contributed by atoms with Crippen LogP contribution < -0.4 is 0 Å². The number of aryl methyl sites for hydroxylation is 8. The molecule has 20 rings (SSSR count). The standard InChI is InChI=1S/4C15H11.4C11H9.8Y/c1-11-14-8-4-2-6-12(14)10-13-7-3-5-9-15(11)13;1-11-5-4-8-14-9-12-6-2-3-7-13(12)10-15(11)14;2*1-11-6-7-14-9-12-4-2-3-5-13(12)10-15(14)8-11;2*1-9-5-4-7-10-6-2-3-8-11(9)10;2*1-9-6-7-10-4-2-3-5-11(10)8-9;;;;;;;;/h2-9H,1H3;2-7,9-10H,1H3;3-10H,1H3;2,4-10H,1H3;2-5,7-8H,1H3;2-6,8H,1H3;3-8H,1H3;2,4-8H,1H3;;;;;;;;/q8*-1;;;;;;;;. The van der Waals surface area contributed by atoms with Crippen LogP contribution in [0.4, 0.5) is 0 Å². The van der Waals surface area contributed by atoms with Crippen LogP contribution in [0.2, 0.25) is 0 Å². The van der Waals surface area contributed by atoms with Crippen LogP contribution in [0.1, 0.15) is 44.5 Å². The maximum absolute atomic E-state index is 3.45. The summed E-state index contributed by atoms with van der Waals surface area (Å²) in [5.74, 6) is 0. The normalized spacial score (nSPS) is 9.93. The van der Waals surface area contributed by atoms with Gasteiger partial charge in [0.2, 0.25) is 0 Å². The Balaban J connectivity index is 0.000000227. The van der Waals surface area contributed by atoms with Crippen LogP contribution in [0.15, 0.2) is 340 Å². The minimum atomic E-state index is 0. The third-order valence-corrected chi connectivity index (χ3v) is 18.9. The molecule has 0 spiro atoms. The largest absolute Gasteiger partial charge is 0.183 e. The monoisotopic (exact) mass is 2040 g/mol. The van der Waals surface area contributed by atoms with Gasteiger partial charge in [-0.25, -0.2) is 0 Å². The average Bonchev–Trinajstić information content (AvgIpc) is 0.781. The molecule has 0 atom stereocenters. The summed E-state index contributed by atoms with van der Waals surface area (Å²) in [5, 5.41) is 30.5. The molecule has 0 unspecified atom stereocenters. The molecule has 0 heterocycles. The van der Waals surface area contributed by atoms with Gasteiger partial charge in [0.05, 0.1) is 0 Å². The zero-order chi connectivity index (χ0) is 71.7. The van der Waals surface area contributed by atoms with Crippen LogP contribution in [0.25, 0.3) is 129 Å². The first-order valence-corrected chi connectivity index (χ1v) is 35.5. The first kappa shape index (κ1) is 98.9. The Kier molecular flexibility index (Phi) is 43.9. The van der Waals surface area contributed by atoms with Crippen molar-refractivity contribution in [2.75, 3.05) is 0 Å². The fourth-order valence-electron chi connectivity index (χ4n) is 13.3. The molecule has 8 radical (unpaired) electrons. The van der Waals surface area contributed by atoms with Gasteiger partial charge in [0.25, 0.3) is 0 Å². The van der Waals surface area contributed by atoms with E-state index in [0.717, 1.165) is 0 Å². The predicted octanol–water partition coefficient (Wildman–Crippen LogP) is 28.2. The second-order valence-corrected chi connectivity index (χ2v) is 26.7. The molecule has 0 nitrogen and oxygen atoms in total. The molecule has 0 fully saturated rings. The van der Waals surface area contributed by atoms with Crippen LogP contribution in [-0.2, 0) is 262 Å². The van der Waals surface area contributed by atoms with E-state index < -0.39 is 0 Å². The molecule has 0 saturated heterocycles. The Labute approximate surface area is 864 Å². The first-order valence-electron chi connectivity index (χ1n) is 35.5. The van der Waals surface area contributed by atoms with Crippen LogP contribution in [0.5, 0.6) is 0 Å². The number of hydrogen-bond acceptors (Lipinski definition) is 0. The van der Waals surface area contributed by atoms with Crippen LogP contribution in [0, 0.1) is 104 Å². The van der Waals surface area contributed by atoms with Crippen molar-refractivity contribution in [3.8, 4) is 0 Å². The molecule has 0 saturated carbocycles. The quantitative estimate of drug-likeness (QED) is 0.105. The number of fused-ring (bicyclic) bond motifs is 12. The molecular formula is C104H80Y8-8. The molecule has 0 aromatic heterocycles. The van der Waals surface area contributed by atoms with Crippen molar-refractivity contribution < 1.29 is 262 Å². The maximum atomic E-state index is 3.45. The van der Waals surface area contributed by atoms with Gasteiger partial charge in [-0.3, -0.25) is 0 Å². The zero-order valence-corrected chi connectivity index (χ0v) is 87.7. The Morgan fingerprint density at radius 3 is 1.03 bits per heavy atom. The third-order valence-electron chi connectivity index (χ3n) is 18.9. The first-order chi connectivity index (χ1) is 50.8. The van der Waals surface area contributed by atoms with Crippen molar-refractivity contribution in [2.45, 2.75) is 55.4 Å².